The highest BCUT2D eigenvalue weighted by atomic mass is 16.7. The minimum Gasteiger partial charge on any atom is -0.394 e. The third-order valence-electron chi connectivity index (χ3n) is 21.0. The van der Waals surface area contributed by atoms with Gasteiger partial charge in [-0.1, -0.05) is 398 Å². The standard InChI is InChI=1S/C82H159NO13/c1-3-5-7-9-11-13-15-17-19-21-23-25-27-29-31-32-33-34-35-36-37-38-39-40-42-44-46-48-50-52-54-56-58-60-62-64-66-74(87)83-70(69-93-81-79(92)77(90)80(73(68-85)95-81)96-82-78(91)76(89)75(88)72(67-84)94-82)71(86)65-63-61-59-57-55-53-51-49-47-45-43-41-30-28-26-24-22-20-18-16-14-12-10-8-6-4-2/h63,65,70-73,75-82,84-86,88-92H,3-62,64,66-69H2,1-2H3,(H,83,87)/b65-63+. The number of hydrogen-bond acceptors (Lipinski definition) is 13. The molecule has 2 fully saturated rings. The summed E-state index contributed by atoms with van der Waals surface area (Å²) in [5.74, 6) is -0.228. The molecule has 0 spiro atoms. The van der Waals surface area contributed by atoms with Crippen LogP contribution < -0.4 is 5.32 Å². The van der Waals surface area contributed by atoms with Crippen LogP contribution in [0, 0.1) is 0 Å². The van der Waals surface area contributed by atoms with Crippen molar-refractivity contribution in [1.82, 2.24) is 5.32 Å². The summed E-state index contributed by atoms with van der Waals surface area (Å²) in [4.78, 5) is 13.4. The van der Waals surface area contributed by atoms with E-state index in [1.54, 1.807) is 6.08 Å². The molecule has 96 heavy (non-hydrogen) atoms. The van der Waals surface area contributed by atoms with Crippen molar-refractivity contribution >= 4 is 5.91 Å². The number of ether oxygens (including phenoxy) is 4. The Kier molecular flexibility index (Phi) is 63.3. The quantitative estimate of drug-likeness (QED) is 0.0204. The summed E-state index contributed by atoms with van der Waals surface area (Å²) in [6, 6.07) is -0.913. The van der Waals surface area contributed by atoms with Crippen LogP contribution in [0.1, 0.15) is 412 Å². The summed E-state index contributed by atoms with van der Waals surface area (Å²) in [5.41, 5.74) is 0. The normalized spacial score (nSPS) is 22.2. The second kappa shape index (κ2) is 66.9. The van der Waals surface area contributed by atoms with Crippen LogP contribution in [0.5, 0.6) is 0 Å². The average Bonchev–Trinajstić information content (AvgIpc) is 0.796. The lowest BCUT2D eigenvalue weighted by Gasteiger charge is -2.46. The molecule has 1 amide bonds. The van der Waals surface area contributed by atoms with E-state index in [1.165, 1.54) is 347 Å². The van der Waals surface area contributed by atoms with Gasteiger partial charge in [-0.15, -0.1) is 0 Å². The number of rotatable bonds is 72. The number of carbonyl (C=O) groups is 1. The molecule has 0 aliphatic carbocycles. The molecule has 0 aromatic heterocycles. The molecule has 0 aromatic carbocycles. The molecule has 2 rings (SSSR count). The first-order chi connectivity index (χ1) is 47.1. The molecule has 12 atom stereocenters. The summed E-state index contributed by atoms with van der Waals surface area (Å²) in [6.45, 7) is 2.88. The van der Waals surface area contributed by atoms with E-state index in [9.17, 15) is 45.6 Å². The zero-order valence-electron chi connectivity index (χ0n) is 62.7. The Labute approximate surface area is 590 Å². The average molecular weight is 1370 g/mol. The Morgan fingerprint density at radius 2 is 0.646 bits per heavy atom. The van der Waals surface area contributed by atoms with Crippen LogP contribution in [0.2, 0.25) is 0 Å². The second-order valence-corrected chi connectivity index (χ2v) is 30.0. The Morgan fingerprint density at radius 1 is 0.365 bits per heavy atom. The SMILES string of the molecule is CCCCCCCCCCCCCCCCCCCCCCCCCC/C=C/C(O)C(COC1OC(CO)C(OC2OC(CO)C(O)C(O)C2O)C(O)C1O)NC(=O)CCCCCCCCCCCCCCCCCCCCCCCCCCCCCCCCCCCCCC. The first-order valence-electron chi connectivity index (χ1n) is 41.9. The molecule has 2 aliphatic heterocycles. The van der Waals surface area contributed by atoms with Gasteiger partial charge in [-0.25, -0.2) is 0 Å². The summed E-state index contributed by atoms with van der Waals surface area (Å²) in [5, 5.41) is 87.7. The summed E-state index contributed by atoms with van der Waals surface area (Å²) >= 11 is 0. The van der Waals surface area contributed by atoms with Crippen LogP contribution in [0.3, 0.4) is 0 Å². The molecule has 0 bridgehead atoms. The minimum atomic E-state index is -1.79. The Morgan fingerprint density at radius 3 is 0.958 bits per heavy atom. The van der Waals surface area contributed by atoms with Crippen molar-refractivity contribution in [3.63, 3.8) is 0 Å². The molecular weight excluding hydrogens is 1210 g/mol. The summed E-state index contributed by atoms with van der Waals surface area (Å²) in [6.07, 6.45) is 68.9. The molecule has 2 saturated heterocycles. The Balaban J connectivity index is 1.58. The van der Waals surface area contributed by atoms with Crippen LogP contribution in [0.15, 0.2) is 12.2 Å². The third kappa shape index (κ3) is 49.4. The number of allylic oxidation sites excluding steroid dienone is 1. The van der Waals surface area contributed by atoms with E-state index in [0.29, 0.717) is 0 Å². The molecule has 12 unspecified atom stereocenters. The van der Waals surface area contributed by atoms with Crippen LogP contribution >= 0.6 is 0 Å². The van der Waals surface area contributed by atoms with Crippen LogP contribution in [0.4, 0.5) is 0 Å². The molecule has 9 N–H and O–H groups in total. The smallest absolute Gasteiger partial charge is 0.220 e. The van der Waals surface area contributed by atoms with Gasteiger partial charge < -0.3 is 65.1 Å². The van der Waals surface area contributed by atoms with Crippen molar-refractivity contribution < 1.29 is 64.6 Å². The highest BCUT2D eigenvalue weighted by Gasteiger charge is 2.51. The van der Waals surface area contributed by atoms with E-state index in [4.69, 9.17) is 18.9 Å². The van der Waals surface area contributed by atoms with Gasteiger partial charge in [0.2, 0.25) is 5.91 Å². The van der Waals surface area contributed by atoms with E-state index in [-0.39, 0.29) is 18.9 Å². The van der Waals surface area contributed by atoms with Crippen molar-refractivity contribution in [2.75, 3.05) is 19.8 Å². The van der Waals surface area contributed by atoms with Gasteiger partial charge in [0.1, 0.15) is 48.8 Å². The van der Waals surface area contributed by atoms with Crippen molar-refractivity contribution in [3.8, 4) is 0 Å². The Bertz CT molecular complexity index is 1660. The van der Waals surface area contributed by atoms with Gasteiger partial charge in [0, 0.05) is 6.42 Å². The fourth-order valence-corrected chi connectivity index (χ4v) is 14.4. The van der Waals surface area contributed by atoms with Crippen LogP contribution in [-0.4, -0.2) is 140 Å². The maximum Gasteiger partial charge on any atom is 0.220 e. The van der Waals surface area contributed by atoms with Crippen molar-refractivity contribution in [1.29, 1.82) is 0 Å². The predicted octanol–water partition coefficient (Wildman–Crippen LogP) is 19.3. The van der Waals surface area contributed by atoms with E-state index >= 15 is 0 Å². The zero-order chi connectivity index (χ0) is 69.4. The molecule has 2 aliphatic rings. The van der Waals surface area contributed by atoms with E-state index in [2.05, 4.69) is 19.2 Å². The number of nitrogens with one attached hydrogen (secondary N) is 1. The maximum absolute atomic E-state index is 13.4. The molecule has 0 aromatic rings. The van der Waals surface area contributed by atoms with Crippen molar-refractivity contribution in [3.05, 3.63) is 12.2 Å². The minimum absolute atomic E-state index is 0.228. The molecule has 14 nitrogen and oxygen atoms in total. The molecule has 2 heterocycles. The fraction of sp³-hybridized carbons (Fsp3) is 0.963. The molecule has 0 saturated carbocycles. The fourth-order valence-electron chi connectivity index (χ4n) is 14.4. The van der Waals surface area contributed by atoms with Gasteiger partial charge in [-0.05, 0) is 19.3 Å². The van der Waals surface area contributed by atoms with Gasteiger partial charge in [-0.3, -0.25) is 4.79 Å². The number of unbranched alkanes of at least 4 members (excludes halogenated alkanes) is 59. The second-order valence-electron chi connectivity index (χ2n) is 30.0. The zero-order valence-corrected chi connectivity index (χ0v) is 62.7. The third-order valence-corrected chi connectivity index (χ3v) is 21.0. The number of aliphatic hydroxyl groups is 8. The lowest BCUT2D eigenvalue weighted by atomic mass is 9.97. The molecular formula is C82H159NO13. The predicted molar refractivity (Wildman–Crippen MR) is 397 cm³/mol. The van der Waals surface area contributed by atoms with Gasteiger partial charge in [0.15, 0.2) is 12.6 Å². The number of aliphatic hydroxyl groups excluding tert-OH is 8. The summed E-state index contributed by atoms with van der Waals surface area (Å²) < 4.78 is 22.9. The Hall–Kier alpha value is -1.27. The van der Waals surface area contributed by atoms with Crippen molar-refractivity contribution in [2.45, 2.75) is 485 Å². The largest absolute Gasteiger partial charge is 0.394 e. The maximum atomic E-state index is 13.4. The van der Waals surface area contributed by atoms with E-state index in [1.807, 2.05) is 6.08 Å². The lowest BCUT2D eigenvalue weighted by molar-refractivity contribution is -0.359. The first kappa shape index (κ1) is 90.8. The molecule has 570 valence electrons. The monoisotopic (exact) mass is 1370 g/mol. The summed E-state index contributed by atoms with van der Waals surface area (Å²) in [7, 11) is 0. The number of amides is 1. The first-order valence-corrected chi connectivity index (χ1v) is 41.9. The van der Waals surface area contributed by atoms with E-state index in [0.717, 1.165) is 44.9 Å². The number of hydrogen-bond donors (Lipinski definition) is 9. The highest BCUT2D eigenvalue weighted by Crippen LogP contribution is 2.31. The molecule has 14 heteroatoms. The number of carbonyl (C=O) groups excluding carboxylic acids is 1. The van der Waals surface area contributed by atoms with E-state index < -0.39 is 86.8 Å². The van der Waals surface area contributed by atoms with Crippen LogP contribution in [-0.2, 0) is 23.7 Å². The van der Waals surface area contributed by atoms with Gasteiger partial charge >= 0.3 is 0 Å². The van der Waals surface area contributed by atoms with Crippen LogP contribution in [0.25, 0.3) is 0 Å². The molecule has 0 radical (unpaired) electrons. The van der Waals surface area contributed by atoms with Gasteiger partial charge in [0.05, 0.1) is 32.0 Å². The highest BCUT2D eigenvalue weighted by molar-refractivity contribution is 5.76. The van der Waals surface area contributed by atoms with Gasteiger partial charge in [-0.2, -0.15) is 0 Å². The van der Waals surface area contributed by atoms with Gasteiger partial charge in [0.25, 0.3) is 0 Å². The topological polar surface area (TPSA) is 228 Å². The lowest BCUT2D eigenvalue weighted by Crippen LogP contribution is -2.65. The van der Waals surface area contributed by atoms with Crippen molar-refractivity contribution in [2.24, 2.45) is 0 Å².